The van der Waals surface area contributed by atoms with Crippen LogP contribution < -0.4 is 0 Å². The Hall–Kier alpha value is 0.0812. The van der Waals surface area contributed by atoms with Crippen molar-refractivity contribution >= 4 is 32.4 Å². The Morgan fingerprint density at radius 3 is 1.72 bits per heavy atom. The van der Waals surface area contributed by atoms with Crippen LogP contribution >= 0.6 is 24.8 Å². The van der Waals surface area contributed by atoms with Crippen molar-refractivity contribution in [3.05, 3.63) is 80.6 Å². The van der Waals surface area contributed by atoms with Gasteiger partial charge in [0.25, 0.3) is 0 Å². The second-order valence-corrected chi connectivity index (χ2v) is 2.96. The predicted octanol–water partition coefficient (Wildman–Crippen LogP) is 3.82. The fourth-order valence-electron chi connectivity index (χ4n) is 1.36. The normalized spacial score (nSPS) is 6.83. The number of benzene rings is 1. The molecule has 0 saturated carbocycles. The molecule has 0 aromatic heterocycles. The predicted molar refractivity (Wildman–Crippen MR) is 87.2 cm³/mol. The minimum absolute atomic E-state index is 0. The van der Waals surface area contributed by atoms with Crippen LogP contribution in [0.2, 0.25) is 0 Å². The first-order chi connectivity index (χ1) is 6.95. The van der Waals surface area contributed by atoms with Crippen LogP contribution in [0.15, 0.2) is 54.6 Å². The molecule has 0 nitrogen and oxygen atoms in total. The zero-order valence-electron chi connectivity index (χ0n) is 10.9. The topological polar surface area (TPSA) is 0 Å². The zero-order valence-corrected chi connectivity index (χ0v) is 15.5. The molecule has 2 aromatic rings. The van der Waals surface area contributed by atoms with Gasteiger partial charge in [0.15, 0.2) is 0 Å². The Morgan fingerprint density at radius 2 is 1.28 bits per heavy atom. The van der Waals surface area contributed by atoms with Gasteiger partial charge in [-0.25, -0.2) is 12.1 Å². The van der Waals surface area contributed by atoms with E-state index >= 15 is 0 Å². The fraction of sp³-hybridized carbons (Fsp3) is 0.0714. The first kappa shape index (κ1) is 26.6. The SMILES string of the molecule is Cl.Cl.[CH3-].[CH3-].[SiH2]=[Ti].c1ccc(C[c-]2cccc2)cc1. The quantitative estimate of drug-likeness (QED) is 0.578. The van der Waals surface area contributed by atoms with Gasteiger partial charge in [-0.2, -0.15) is 17.7 Å². The van der Waals surface area contributed by atoms with Gasteiger partial charge in [-0.05, 0) is 6.42 Å². The molecule has 0 heterocycles. The van der Waals surface area contributed by atoms with Crippen molar-refractivity contribution in [2.45, 2.75) is 6.42 Å². The Balaban J connectivity index is -0.000000156. The van der Waals surface area contributed by atoms with Crippen molar-refractivity contribution in [3.8, 4) is 0 Å². The van der Waals surface area contributed by atoms with E-state index in [0.717, 1.165) is 6.42 Å². The molecule has 2 rings (SSSR count). The summed E-state index contributed by atoms with van der Waals surface area (Å²) in [5.74, 6) is 0. The van der Waals surface area contributed by atoms with E-state index in [2.05, 4.69) is 54.6 Å². The molecule has 0 amide bonds. The molecular weight excluding hydrogens is 315 g/mol. The smallest absolute Gasteiger partial charge is 0.0485 e. The van der Waals surface area contributed by atoms with Crippen LogP contribution in [0.4, 0.5) is 0 Å². The third-order valence-electron chi connectivity index (χ3n) is 1.98. The maximum absolute atomic E-state index is 2.16. The second-order valence-electron chi connectivity index (χ2n) is 2.96. The fourth-order valence-corrected chi connectivity index (χ4v) is 1.36. The van der Waals surface area contributed by atoms with E-state index in [4.69, 9.17) is 0 Å². The molecule has 102 valence electrons. The number of halogens is 2. The molecule has 2 aromatic carbocycles. The molecular formula is C14H21Cl2SiTi-3. The summed E-state index contributed by atoms with van der Waals surface area (Å²) in [6.07, 6.45) is 1.05. The van der Waals surface area contributed by atoms with E-state index in [-0.39, 0.29) is 39.7 Å². The van der Waals surface area contributed by atoms with Crippen LogP contribution in [0.1, 0.15) is 11.1 Å². The molecule has 0 aliphatic heterocycles. The molecule has 0 fully saturated rings. The Bertz CT molecular complexity index is 349. The van der Waals surface area contributed by atoms with Gasteiger partial charge in [0, 0.05) is 0 Å². The number of hydrogen-bond donors (Lipinski definition) is 0. The monoisotopic (exact) mass is 335 g/mol. The van der Waals surface area contributed by atoms with Crippen molar-refractivity contribution in [2.24, 2.45) is 0 Å². The zero-order chi connectivity index (χ0) is 10.2. The van der Waals surface area contributed by atoms with Crippen LogP contribution in [0, 0.1) is 14.9 Å². The Labute approximate surface area is 138 Å². The summed E-state index contributed by atoms with van der Waals surface area (Å²) < 4.78 is 0. The van der Waals surface area contributed by atoms with Crippen molar-refractivity contribution in [1.29, 1.82) is 0 Å². The molecule has 4 heteroatoms. The third-order valence-corrected chi connectivity index (χ3v) is 1.98. The first-order valence-corrected chi connectivity index (χ1v) is 8.57. The van der Waals surface area contributed by atoms with Crippen LogP contribution in [0.25, 0.3) is 0 Å². The average Bonchev–Trinajstić information content (AvgIpc) is 2.75. The molecule has 0 aliphatic carbocycles. The van der Waals surface area contributed by atoms with E-state index < -0.39 is 0 Å². The van der Waals surface area contributed by atoms with E-state index in [1.165, 1.54) is 11.1 Å². The van der Waals surface area contributed by atoms with Crippen molar-refractivity contribution < 1.29 is 19.2 Å². The van der Waals surface area contributed by atoms with Gasteiger partial charge in [-0.15, -0.1) is 24.8 Å². The van der Waals surface area contributed by atoms with Gasteiger partial charge >= 0.3 is 26.8 Å². The summed E-state index contributed by atoms with van der Waals surface area (Å²) in [5, 5.41) is 0. The maximum Gasteiger partial charge on any atom is -0.0485 e. The van der Waals surface area contributed by atoms with Crippen LogP contribution in [-0.2, 0) is 25.6 Å². The molecule has 18 heavy (non-hydrogen) atoms. The van der Waals surface area contributed by atoms with Crippen LogP contribution in [-0.4, -0.2) is 7.63 Å². The molecule has 0 bridgehead atoms. The van der Waals surface area contributed by atoms with Crippen molar-refractivity contribution in [2.75, 3.05) is 0 Å². The van der Waals surface area contributed by atoms with E-state index in [1.54, 1.807) is 0 Å². The molecule has 0 saturated heterocycles. The van der Waals surface area contributed by atoms with E-state index in [0.29, 0.717) is 0 Å². The molecule has 0 atom stereocenters. The average molecular weight is 336 g/mol. The summed E-state index contributed by atoms with van der Waals surface area (Å²) in [5.41, 5.74) is 2.77. The molecule has 0 aliphatic rings. The third kappa shape index (κ3) is 10.0. The standard InChI is InChI=1S/C12H11.2CH3.2ClH.H2Si.Ti/c1-2-6-11(7-3-1)10-12-8-4-5-9-12;;;;;;/h1-9H,10H2;2*1H3;2*1H;1H2;/q3*-1;;;;. The molecule has 0 unspecified atom stereocenters. The summed E-state index contributed by atoms with van der Waals surface area (Å²) >= 11 is 2.03. The van der Waals surface area contributed by atoms with Gasteiger partial charge in [0.05, 0.1) is 0 Å². The number of hydrogen-bond acceptors (Lipinski definition) is 0. The number of rotatable bonds is 2. The van der Waals surface area contributed by atoms with Gasteiger partial charge in [0.2, 0.25) is 0 Å². The minimum atomic E-state index is 0. The van der Waals surface area contributed by atoms with Crippen molar-refractivity contribution in [3.63, 3.8) is 0 Å². The first-order valence-electron chi connectivity index (χ1n) is 4.55. The summed E-state index contributed by atoms with van der Waals surface area (Å²) in [6.45, 7) is 0. The minimum Gasteiger partial charge on any atom is -0.213 e. The maximum atomic E-state index is 2.16. The Kier molecular flexibility index (Phi) is 25.2. The summed E-state index contributed by atoms with van der Waals surface area (Å²) in [7, 11) is 1.86. The molecule has 0 N–H and O–H groups in total. The van der Waals surface area contributed by atoms with Gasteiger partial charge in [-0.3, -0.25) is 0 Å². The summed E-state index contributed by atoms with van der Waals surface area (Å²) in [6, 6.07) is 19.0. The van der Waals surface area contributed by atoms with Gasteiger partial charge in [0.1, 0.15) is 0 Å². The van der Waals surface area contributed by atoms with E-state index in [1.807, 2.05) is 26.8 Å². The van der Waals surface area contributed by atoms with Gasteiger partial charge < -0.3 is 14.9 Å². The largest absolute Gasteiger partial charge is 0.213 e. The molecule has 0 spiro atoms. The van der Waals surface area contributed by atoms with Crippen molar-refractivity contribution in [1.82, 2.24) is 0 Å². The van der Waals surface area contributed by atoms with Gasteiger partial charge in [-0.1, -0.05) is 35.9 Å². The van der Waals surface area contributed by atoms with E-state index in [9.17, 15) is 0 Å². The van der Waals surface area contributed by atoms with Crippen LogP contribution in [0.3, 0.4) is 0 Å². The molecule has 0 radical (unpaired) electrons. The van der Waals surface area contributed by atoms with Crippen LogP contribution in [0.5, 0.6) is 0 Å². The second kappa shape index (κ2) is 17.1. The Morgan fingerprint density at radius 1 is 0.833 bits per heavy atom. The summed E-state index contributed by atoms with van der Waals surface area (Å²) in [4.78, 5) is 0.